The zero-order valence-electron chi connectivity index (χ0n) is 12.8. The molecule has 2 saturated carbocycles. The summed E-state index contributed by atoms with van der Waals surface area (Å²) in [7, 11) is 0. The van der Waals surface area contributed by atoms with E-state index in [9.17, 15) is 0 Å². The van der Waals surface area contributed by atoms with Gasteiger partial charge >= 0.3 is 0 Å². The lowest BCUT2D eigenvalue weighted by atomic mass is 9.68. The predicted molar refractivity (Wildman–Crippen MR) is 75.8 cm³/mol. The van der Waals surface area contributed by atoms with Gasteiger partial charge in [-0.15, -0.1) is 0 Å². The average Bonchev–Trinajstić information content (AvgIpc) is 2.96. The van der Waals surface area contributed by atoms with E-state index in [4.69, 9.17) is 4.42 Å². The number of aromatic nitrogens is 1. The summed E-state index contributed by atoms with van der Waals surface area (Å²) in [5.41, 5.74) is 0.826. The molecule has 0 amide bonds. The van der Waals surface area contributed by atoms with Crippen LogP contribution in [0.5, 0.6) is 0 Å². The van der Waals surface area contributed by atoms with Gasteiger partial charge in [-0.25, -0.2) is 4.98 Å². The lowest BCUT2D eigenvalue weighted by Gasteiger charge is -2.44. The molecular formula is C16H26N2O. The summed E-state index contributed by atoms with van der Waals surface area (Å²) >= 11 is 0. The minimum absolute atomic E-state index is 0.189. The highest BCUT2D eigenvalue weighted by molar-refractivity contribution is 5.13. The second kappa shape index (κ2) is 4.08. The minimum atomic E-state index is 0.189. The second-order valence-corrected chi connectivity index (χ2v) is 7.55. The number of rotatable bonds is 3. The number of hydrogen-bond donors (Lipinski definition) is 1. The summed E-state index contributed by atoms with van der Waals surface area (Å²) in [6.45, 7) is 11.4. The maximum absolute atomic E-state index is 5.66. The monoisotopic (exact) mass is 262 g/mol. The molecular weight excluding hydrogens is 236 g/mol. The molecule has 1 N–H and O–H groups in total. The number of hydrogen-bond acceptors (Lipinski definition) is 3. The number of aryl methyl sites for hydroxylation is 1. The van der Waals surface area contributed by atoms with E-state index >= 15 is 0 Å². The van der Waals surface area contributed by atoms with Crippen molar-refractivity contribution in [1.82, 2.24) is 10.3 Å². The highest BCUT2D eigenvalue weighted by Gasteiger charge is 2.59. The Hall–Kier alpha value is -0.830. The zero-order valence-corrected chi connectivity index (χ0v) is 12.8. The fourth-order valence-corrected chi connectivity index (χ4v) is 4.61. The Labute approximate surface area is 116 Å². The van der Waals surface area contributed by atoms with Crippen LogP contribution in [0.4, 0.5) is 0 Å². The maximum Gasteiger partial charge on any atom is 0.211 e. The predicted octanol–water partition coefficient (Wildman–Crippen LogP) is 3.85. The Morgan fingerprint density at radius 1 is 1.42 bits per heavy atom. The molecule has 0 aromatic carbocycles. The molecule has 2 aliphatic rings. The van der Waals surface area contributed by atoms with Gasteiger partial charge in [0, 0.05) is 6.04 Å². The molecule has 3 heteroatoms. The summed E-state index contributed by atoms with van der Waals surface area (Å²) < 4.78 is 5.66. The van der Waals surface area contributed by atoms with Crippen molar-refractivity contribution in [2.75, 3.05) is 0 Å². The molecule has 2 fully saturated rings. The van der Waals surface area contributed by atoms with Gasteiger partial charge in [-0.05, 0) is 49.9 Å². The second-order valence-electron chi connectivity index (χ2n) is 7.55. The van der Waals surface area contributed by atoms with Gasteiger partial charge in [-0.1, -0.05) is 20.8 Å². The van der Waals surface area contributed by atoms with Crippen molar-refractivity contribution in [3.05, 3.63) is 17.8 Å². The Bertz CT molecular complexity index is 474. The van der Waals surface area contributed by atoms with Crippen LogP contribution >= 0.6 is 0 Å². The number of fused-ring (bicyclic) bond motifs is 2. The van der Waals surface area contributed by atoms with Gasteiger partial charge in [0.1, 0.15) is 5.76 Å². The van der Waals surface area contributed by atoms with Gasteiger partial charge in [-0.2, -0.15) is 0 Å². The summed E-state index contributed by atoms with van der Waals surface area (Å²) in [5, 5.41) is 3.81. The van der Waals surface area contributed by atoms with Crippen LogP contribution in [-0.4, -0.2) is 11.0 Å². The zero-order chi connectivity index (χ0) is 13.8. The van der Waals surface area contributed by atoms with Crippen molar-refractivity contribution in [2.24, 2.45) is 16.7 Å². The van der Waals surface area contributed by atoms with E-state index in [1.54, 1.807) is 6.20 Å². The van der Waals surface area contributed by atoms with Crippen LogP contribution in [0.3, 0.4) is 0 Å². The van der Waals surface area contributed by atoms with Crippen molar-refractivity contribution >= 4 is 0 Å². The standard InChI is InChI=1S/C16H26N2O/c1-10-9-17-13(19-10)11(2)18-14-15(3,4)12-6-7-16(14,5)8-12/h9,11-12,14,18H,6-8H2,1-5H3/t11?,12-,14?,16+/m0/s1. The van der Waals surface area contributed by atoms with E-state index in [0.717, 1.165) is 17.6 Å². The van der Waals surface area contributed by atoms with Crippen molar-refractivity contribution in [1.29, 1.82) is 0 Å². The van der Waals surface area contributed by atoms with Crippen LogP contribution in [0.2, 0.25) is 0 Å². The van der Waals surface area contributed by atoms with Gasteiger partial charge < -0.3 is 9.73 Å². The van der Waals surface area contributed by atoms with Crippen molar-refractivity contribution < 1.29 is 4.42 Å². The molecule has 0 spiro atoms. The molecule has 106 valence electrons. The third-order valence-electron chi connectivity index (χ3n) is 5.70. The molecule has 1 heterocycles. The lowest BCUT2D eigenvalue weighted by molar-refractivity contribution is 0.0967. The molecule has 0 radical (unpaired) electrons. The first-order valence-corrected chi connectivity index (χ1v) is 7.51. The highest BCUT2D eigenvalue weighted by atomic mass is 16.4. The highest BCUT2D eigenvalue weighted by Crippen LogP contribution is 2.62. The van der Waals surface area contributed by atoms with Crippen LogP contribution in [-0.2, 0) is 0 Å². The van der Waals surface area contributed by atoms with Crippen molar-refractivity contribution in [3.8, 4) is 0 Å². The van der Waals surface area contributed by atoms with Crippen molar-refractivity contribution in [2.45, 2.75) is 66.0 Å². The quantitative estimate of drug-likeness (QED) is 0.899. The first-order chi connectivity index (χ1) is 8.83. The normalized spacial score (nSPS) is 37.7. The van der Waals surface area contributed by atoms with E-state index < -0.39 is 0 Å². The number of nitrogens with one attached hydrogen (secondary N) is 1. The largest absolute Gasteiger partial charge is 0.444 e. The Morgan fingerprint density at radius 2 is 2.16 bits per heavy atom. The van der Waals surface area contributed by atoms with E-state index in [0.29, 0.717) is 16.9 Å². The van der Waals surface area contributed by atoms with E-state index in [1.165, 1.54) is 19.3 Å². The van der Waals surface area contributed by atoms with E-state index in [1.807, 2.05) is 6.92 Å². The van der Waals surface area contributed by atoms with Crippen LogP contribution in [0.25, 0.3) is 0 Å². The third-order valence-corrected chi connectivity index (χ3v) is 5.70. The van der Waals surface area contributed by atoms with Gasteiger partial charge in [0.15, 0.2) is 0 Å². The third kappa shape index (κ3) is 1.94. The fourth-order valence-electron chi connectivity index (χ4n) is 4.61. The van der Waals surface area contributed by atoms with Crippen LogP contribution in [0, 0.1) is 23.7 Å². The molecule has 2 bridgehead atoms. The van der Waals surface area contributed by atoms with Crippen LogP contribution in [0.15, 0.2) is 10.6 Å². The number of nitrogens with zero attached hydrogens (tertiary/aromatic N) is 1. The molecule has 0 saturated heterocycles. The Kier molecular flexibility index (Phi) is 2.83. The minimum Gasteiger partial charge on any atom is -0.444 e. The molecule has 2 aliphatic carbocycles. The van der Waals surface area contributed by atoms with E-state index in [-0.39, 0.29) is 6.04 Å². The molecule has 19 heavy (non-hydrogen) atoms. The van der Waals surface area contributed by atoms with E-state index in [2.05, 4.69) is 38.0 Å². The summed E-state index contributed by atoms with van der Waals surface area (Å²) in [6, 6.07) is 0.745. The van der Waals surface area contributed by atoms with Crippen molar-refractivity contribution in [3.63, 3.8) is 0 Å². The Balaban J connectivity index is 1.79. The average molecular weight is 262 g/mol. The molecule has 1 aromatic rings. The SMILES string of the molecule is Cc1cnc(C(C)NC2C(C)(C)[C@H]3CC[C@]2(C)C3)o1. The van der Waals surface area contributed by atoms with Gasteiger partial charge in [0.05, 0.1) is 12.2 Å². The first-order valence-electron chi connectivity index (χ1n) is 7.51. The van der Waals surface area contributed by atoms with Gasteiger partial charge in [0.2, 0.25) is 5.89 Å². The molecule has 3 rings (SSSR count). The molecule has 2 unspecified atom stereocenters. The van der Waals surface area contributed by atoms with Crippen LogP contribution < -0.4 is 5.32 Å². The summed E-state index contributed by atoms with van der Waals surface area (Å²) in [4.78, 5) is 4.36. The fraction of sp³-hybridized carbons (Fsp3) is 0.812. The summed E-state index contributed by atoms with van der Waals surface area (Å²) in [5.74, 6) is 2.58. The van der Waals surface area contributed by atoms with Gasteiger partial charge in [0.25, 0.3) is 0 Å². The molecule has 0 aliphatic heterocycles. The maximum atomic E-state index is 5.66. The molecule has 3 nitrogen and oxygen atoms in total. The smallest absolute Gasteiger partial charge is 0.211 e. The summed E-state index contributed by atoms with van der Waals surface area (Å²) in [6.07, 6.45) is 5.93. The Morgan fingerprint density at radius 3 is 2.68 bits per heavy atom. The number of oxazole rings is 1. The molecule has 1 aromatic heterocycles. The topological polar surface area (TPSA) is 38.1 Å². The lowest BCUT2D eigenvalue weighted by Crippen LogP contribution is -2.51. The first kappa shape index (κ1) is 13.2. The molecule has 4 atom stereocenters. The van der Waals surface area contributed by atoms with Gasteiger partial charge in [-0.3, -0.25) is 0 Å². The van der Waals surface area contributed by atoms with Crippen LogP contribution in [0.1, 0.15) is 64.7 Å².